The van der Waals surface area contributed by atoms with Crippen molar-refractivity contribution in [3.63, 3.8) is 0 Å². The minimum atomic E-state index is -0.554. The predicted molar refractivity (Wildman–Crippen MR) is 103 cm³/mol. The number of carbonyl (C=O) groups excluding carboxylic acids is 3. The third kappa shape index (κ3) is 3.00. The summed E-state index contributed by atoms with van der Waals surface area (Å²) in [6.45, 7) is 7.53. The van der Waals surface area contributed by atoms with Crippen molar-refractivity contribution < 1.29 is 23.9 Å². The van der Waals surface area contributed by atoms with Gasteiger partial charge >= 0.3 is 11.9 Å². The standard InChI is InChI=1S/C23H34O5/c1-13(24)27-16-7-9-22(3)15(11-16)5-6-17-18(22)8-10-23(4)19(17)12-20(26)21(23)28-14(2)25/h15-19,21H,5-12H2,1-4H3/t15-,16+,17-,18+,19+,21+,22-,23-/m0/s1. The van der Waals surface area contributed by atoms with E-state index in [2.05, 4.69) is 13.8 Å². The maximum absolute atomic E-state index is 12.7. The Hall–Kier alpha value is -1.39. The first-order chi connectivity index (χ1) is 13.1. The highest BCUT2D eigenvalue weighted by molar-refractivity contribution is 5.89. The second-order valence-electron chi connectivity index (χ2n) is 10.4. The quantitative estimate of drug-likeness (QED) is 0.665. The van der Waals surface area contributed by atoms with Gasteiger partial charge in [-0.1, -0.05) is 13.8 Å². The lowest BCUT2D eigenvalue weighted by atomic mass is 9.45. The number of ketones is 1. The minimum Gasteiger partial charge on any atom is -0.463 e. The Morgan fingerprint density at radius 1 is 0.893 bits per heavy atom. The van der Waals surface area contributed by atoms with Gasteiger partial charge < -0.3 is 9.47 Å². The van der Waals surface area contributed by atoms with Gasteiger partial charge in [-0.2, -0.15) is 0 Å². The Morgan fingerprint density at radius 3 is 2.25 bits per heavy atom. The molecule has 0 amide bonds. The molecule has 0 spiro atoms. The van der Waals surface area contributed by atoms with E-state index in [0.29, 0.717) is 30.1 Å². The highest BCUT2D eigenvalue weighted by Crippen LogP contribution is 2.66. The summed E-state index contributed by atoms with van der Waals surface area (Å²) >= 11 is 0. The Labute approximate surface area is 167 Å². The van der Waals surface area contributed by atoms with E-state index in [0.717, 1.165) is 44.9 Å². The van der Waals surface area contributed by atoms with Crippen LogP contribution in [0.2, 0.25) is 0 Å². The van der Waals surface area contributed by atoms with Gasteiger partial charge in [-0.15, -0.1) is 0 Å². The predicted octanol–water partition coefficient (Wildman–Crippen LogP) is 4.07. The molecule has 156 valence electrons. The average molecular weight is 391 g/mol. The highest BCUT2D eigenvalue weighted by atomic mass is 16.5. The van der Waals surface area contributed by atoms with Crippen LogP contribution >= 0.6 is 0 Å². The Kier molecular flexibility index (Phi) is 4.86. The molecule has 0 bridgehead atoms. The molecular formula is C23H34O5. The Bertz CT molecular complexity index is 686. The fraction of sp³-hybridized carbons (Fsp3) is 0.870. The van der Waals surface area contributed by atoms with Crippen LogP contribution in [-0.4, -0.2) is 29.9 Å². The van der Waals surface area contributed by atoms with Crippen LogP contribution in [0.25, 0.3) is 0 Å². The third-order valence-corrected chi connectivity index (χ3v) is 8.98. The number of rotatable bonds is 2. The maximum Gasteiger partial charge on any atom is 0.303 e. The molecule has 5 heteroatoms. The molecule has 0 aromatic heterocycles. The van der Waals surface area contributed by atoms with Crippen LogP contribution in [0.15, 0.2) is 0 Å². The van der Waals surface area contributed by atoms with Gasteiger partial charge in [0.25, 0.3) is 0 Å². The summed E-state index contributed by atoms with van der Waals surface area (Å²) in [5.74, 6) is 1.68. The normalized spacial score (nSPS) is 47.5. The van der Waals surface area contributed by atoms with E-state index in [1.165, 1.54) is 13.8 Å². The molecule has 0 radical (unpaired) electrons. The summed E-state index contributed by atoms with van der Waals surface area (Å²) in [4.78, 5) is 35.7. The molecule has 0 aromatic carbocycles. The molecule has 8 atom stereocenters. The van der Waals surface area contributed by atoms with Crippen LogP contribution < -0.4 is 0 Å². The second-order valence-corrected chi connectivity index (χ2v) is 10.4. The summed E-state index contributed by atoms with van der Waals surface area (Å²) < 4.78 is 11.1. The number of fused-ring (bicyclic) bond motifs is 5. The molecule has 4 rings (SSSR count). The molecule has 5 nitrogen and oxygen atoms in total. The van der Waals surface area contributed by atoms with Crippen LogP contribution in [0.3, 0.4) is 0 Å². The fourth-order valence-corrected chi connectivity index (χ4v) is 7.68. The molecule has 0 aliphatic heterocycles. The summed E-state index contributed by atoms with van der Waals surface area (Å²) in [6, 6.07) is 0. The highest BCUT2D eigenvalue weighted by Gasteiger charge is 2.63. The Morgan fingerprint density at radius 2 is 1.57 bits per heavy atom. The number of ether oxygens (including phenoxy) is 2. The molecule has 0 heterocycles. The summed E-state index contributed by atoms with van der Waals surface area (Å²) in [5, 5.41) is 0. The largest absolute Gasteiger partial charge is 0.463 e. The van der Waals surface area contributed by atoms with E-state index in [1.54, 1.807) is 0 Å². The van der Waals surface area contributed by atoms with Crippen LogP contribution in [-0.2, 0) is 23.9 Å². The van der Waals surface area contributed by atoms with Crippen LogP contribution in [0.5, 0.6) is 0 Å². The van der Waals surface area contributed by atoms with E-state index in [-0.39, 0.29) is 34.7 Å². The van der Waals surface area contributed by atoms with Crippen molar-refractivity contribution in [2.75, 3.05) is 0 Å². The minimum absolute atomic E-state index is 0.0717. The Balaban J connectivity index is 1.54. The average Bonchev–Trinajstić information content (AvgIpc) is 2.85. The van der Waals surface area contributed by atoms with Gasteiger partial charge in [-0.3, -0.25) is 14.4 Å². The van der Waals surface area contributed by atoms with E-state index in [1.807, 2.05) is 0 Å². The fourth-order valence-electron chi connectivity index (χ4n) is 7.68. The van der Waals surface area contributed by atoms with Gasteiger partial charge in [0.1, 0.15) is 6.10 Å². The van der Waals surface area contributed by atoms with Crippen LogP contribution in [0.4, 0.5) is 0 Å². The maximum atomic E-state index is 12.7. The van der Waals surface area contributed by atoms with Crippen molar-refractivity contribution >= 4 is 17.7 Å². The first kappa shape index (κ1) is 19.9. The van der Waals surface area contributed by atoms with Crippen molar-refractivity contribution in [1.82, 2.24) is 0 Å². The van der Waals surface area contributed by atoms with Gasteiger partial charge in [0.05, 0.1) is 0 Å². The lowest BCUT2D eigenvalue weighted by Gasteiger charge is -2.60. The molecule has 4 fully saturated rings. The van der Waals surface area contributed by atoms with Crippen LogP contribution in [0.1, 0.15) is 79.1 Å². The smallest absolute Gasteiger partial charge is 0.303 e. The summed E-state index contributed by atoms with van der Waals surface area (Å²) in [5.41, 5.74) is 0.0610. The van der Waals surface area contributed by atoms with E-state index in [4.69, 9.17) is 9.47 Å². The van der Waals surface area contributed by atoms with Crippen molar-refractivity contribution in [1.29, 1.82) is 0 Å². The summed E-state index contributed by atoms with van der Waals surface area (Å²) in [7, 11) is 0. The van der Waals surface area contributed by atoms with Gasteiger partial charge in [-0.05, 0) is 74.0 Å². The van der Waals surface area contributed by atoms with Crippen LogP contribution in [0, 0.1) is 34.5 Å². The topological polar surface area (TPSA) is 69.7 Å². The monoisotopic (exact) mass is 390 g/mol. The molecular weight excluding hydrogens is 356 g/mol. The third-order valence-electron chi connectivity index (χ3n) is 8.98. The van der Waals surface area contributed by atoms with E-state index < -0.39 is 6.10 Å². The second kappa shape index (κ2) is 6.84. The van der Waals surface area contributed by atoms with Gasteiger partial charge in [0.2, 0.25) is 0 Å². The molecule has 0 unspecified atom stereocenters. The zero-order valence-electron chi connectivity index (χ0n) is 17.7. The zero-order valence-corrected chi connectivity index (χ0v) is 17.7. The molecule has 0 N–H and O–H groups in total. The van der Waals surface area contributed by atoms with Crippen molar-refractivity contribution in [2.45, 2.75) is 91.3 Å². The lowest BCUT2D eigenvalue weighted by molar-refractivity contribution is -0.169. The van der Waals surface area contributed by atoms with Gasteiger partial charge in [0, 0.05) is 25.7 Å². The van der Waals surface area contributed by atoms with E-state index >= 15 is 0 Å². The van der Waals surface area contributed by atoms with Crippen molar-refractivity contribution in [2.24, 2.45) is 34.5 Å². The van der Waals surface area contributed by atoms with Gasteiger partial charge in [-0.25, -0.2) is 0 Å². The van der Waals surface area contributed by atoms with Gasteiger partial charge in [0.15, 0.2) is 11.9 Å². The lowest BCUT2D eigenvalue weighted by Crippen LogP contribution is -2.55. The SMILES string of the molecule is CC(=O)O[C@@H]1CC[C@@]2(C)[C@@H](CC[C@H]3[C@H]2CC[C@]2(C)[C@H](OC(C)=O)C(=O)C[C@H]32)C1. The molecule has 4 aliphatic rings. The molecule has 4 saturated carbocycles. The number of hydrogen-bond acceptors (Lipinski definition) is 5. The number of Topliss-reactive ketones (excluding diaryl/α,β-unsaturated/α-hetero) is 1. The zero-order chi connectivity index (χ0) is 20.3. The van der Waals surface area contributed by atoms with Crippen molar-refractivity contribution in [3.8, 4) is 0 Å². The number of carbonyl (C=O) groups is 3. The van der Waals surface area contributed by atoms with Crippen molar-refractivity contribution in [3.05, 3.63) is 0 Å². The number of esters is 2. The summed E-state index contributed by atoms with van der Waals surface area (Å²) in [6.07, 6.45) is 7.46. The number of hydrogen-bond donors (Lipinski definition) is 0. The molecule has 0 aromatic rings. The first-order valence-corrected chi connectivity index (χ1v) is 11.0. The molecule has 0 saturated heterocycles. The first-order valence-electron chi connectivity index (χ1n) is 11.0. The van der Waals surface area contributed by atoms with E-state index in [9.17, 15) is 14.4 Å². The molecule has 28 heavy (non-hydrogen) atoms. The molecule has 4 aliphatic carbocycles.